The first kappa shape index (κ1) is 12.8. The number of aliphatic imine (C=N–C) groups is 1. The summed E-state index contributed by atoms with van der Waals surface area (Å²) in [6.45, 7) is 16.4. The highest BCUT2D eigenvalue weighted by Gasteiger charge is 2.30. The molecule has 0 N–H and O–H groups in total. The summed E-state index contributed by atoms with van der Waals surface area (Å²) < 4.78 is 0. The fourth-order valence-electron chi connectivity index (χ4n) is 2.21. The lowest BCUT2D eigenvalue weighted by Gasteiger charge is -2.23. The van der Waals surface area contributed by atoms with E-state index in [-0.39, 0.29) is 0 Å². The van der Waals surface area contributed by atoms with Crippen LogP contribution in [0.3, 0.4) is 0 Å². The highest BCUT2D eigenvalue weighted by molar-refractivity contribution is 6.82. The molecule has 0 saturated heterocycles. The monoisotopic (exact) mass is 216 g/mol. The van der Waals surface area contributed by atoms with Gasteiger partial charge in [-0.05, 0) is 11.8 Å². The van der Waals surface area contributed by atoms with E-state index in [4.69, 9.17) is 0 Å². The van der Waals surface area contributed by atoms with E-state index in [2.05, 4.69) is 50.7 Å². The summed E-state index contributed by atoms with van der Waals surface area (Å²) in [5, 5.41) is 0. The zero-order valence-corrected chi connectivity index (χ0v) is 10.8. The Labute approximate surface area is 99.7 Å². The minimum atomic E-state index is 0.493. The van der Waals surface area contributed by atoms with E-state index < -0.39 is 0 Å². The number of amidine groups is 1. The summed E-state index contributed by atoms with van der Waals surface area (Å²) in [7, 11) is 0.920. The van der Waals surface area contributed by atoms with Gasteiger partial charge in [0, 0.05) is 18.1 Å². The molecule has 2 nitrogen and oxygen atoms in total. The van der Waals surface area contributed by atoms with Crippen molar-refractivity contribution in [2.45, 2.75) is 27.7 Å². The molecular weight excluding hydrogens is 195 g/mol. The summed E-state index contributed by atoms with van der Waals surface area (Å²) in [4.78, 5) is 6.45. The number of nitrogens with zero attached hydrogens (tertiary/aromatic N) is 2. The largest absolute Gasteiger partial charge is 0.318 e. The molecule has 0 atom stereocenters. The lowest BCUT2D eigenvalue weighted by Crippen LogP contribution is -2.23. The Morgan fingerprint density at radius 3 is 2.19 bits per heavy atom. The molecule has 0 aromatic heterocycles. The second-order valence-corrected chi connectivity index (χ2v) is 4.68. The van der Waals surface area contributed by atoms with E-state index in [0.29, 0.717) is 11.8 Å². The maximum atomic E-state index is 4.33. The highest BCUT2D eigenvalue weighted by Crippen LogP contribution is 2.30. The molecule has 1 aliphatic heterocycles. The van der Waals surface area contributed by atoms with E-state index >= 15 is 0 Å². The van der Waals surface area contributed by atoms with Crippen molar-refractivity contribution in [1.29, 1.82) is 0 Å². The van der Waals surface area contributed by atoms with Crippen LogP contribution >= 0.6 is 0 Å². The van der Waals surface area contributed by atoms with Gasteiger partial charge >= 0.3 is 0 Å². The van der Waals surface area contributed by atoms with Gasteiger partial charge in [-0.2, -0.15) is 0 Å². The van der Waals surface area contributed by atoms with E-state index in [0.717, 1.165) is 13.0 Å². The van der Waals surface area contributed by atoms with Crippen LogP contribution in [-0.2, 0) is 0 Å². The van der Waals surface area contributed by atoms with Crippen LogP contribution in [-0.4, -0.2) is 17.9 Å². The molecule has 0 aromatic rings. The molecule has 1 rings (SSSR count). The molecule has 0 saturated carbocycles. The van der Waals surface area contributed by atoms with Crippen molar-refractivity contribution in [3.63, 3.8) is 0 Å². The summed E-state index contributed by atoms with van der Waals surface area (Å²) in [6.07, 6.45) is 3.46. The summed E-state index contributed by atoms with van der Waals surface area (Å²) >= 11 is 0. The van der Waals surface area contributed by atoms with Crippen molar-refractivity contribution in [1.82, 2.24) is 4.90 Å². The van der Waals surface area contributed by atoms with Crippen LogP contribution in [0.15, 0.2) is 41.7 Å². The molecule has 0 bridgehead atoms. The highest BCUT2D eigenvalue weighted by atomic mass is 15.2. The van der Waals surface area contributed by atoms with Crippen molar-refractivity contribution in [3.05, 3.63) is 36.7 Å². The molecule has 0 aromatic carbocycles. The topological polar surface area (TPSA) is 15.6 Å². The van der Waals surface area contributed by atoms with E-state index in [1.165, 1.54) is 11.2 Å². The molecule has 86 valence electrons. The number of hydrogen-bond donors (Lipinski definition) is 0. The van der Waals surface area contributed by atoms with Gasteiger partial charge in [-0.25, -0.2) is 0 Å². The summed E-state index contributed by atoms with van der Waals surface area (Å²) in [5.41, 5.74) is 3.86. The van der Waals surface area contributed by atoms with Crippen LogP contribution in [0.4, 0.5) is 0 Å². The van der Waals surface area contributed by atoms with Gasteiger partial charge in [0.05, 0.1) is 5.73 Å². The van der Waals surface area contributed by atoms with Gasteiger partial charge in [0.1, 0.15) is 0 Å². The van der Waals surface area contributed by atoms with Crippen molar-refractivity contribution < 1.29 is 0 Å². The second kappa shape index (κ2) is 5.19. The van der Waals surface area contributed by atoms with Crippen LogP contribution in [0.5, 0.6) is 0 Å². The van der Waals surface area contributed by atoms with Gasteiger partial charge in [-0.3, -0.25) is 4.99 Å². The quantitative estimate of drug-likeness (QED) is 0.659. The lowest BCUT2D eigenvalue weighted by atomic mass is 9.65. The smallest absolute Gasteiger partial charge is 0.236 e. The molecule has 3 heteroatoms. The van der Waals surface area contributed by atoms with Gasteiger partial charge in [-0.1, -0.05) is 46.3 Å². The molecule has 0 amide bonds. The molecule has 0 spiro atoms. The Morgan fingerprint density at radius 1 is 1.19 bits per heavy atom. The average Bonchev–Trinajstić information content (AvgIpc) is 2.57. The second-order valence-electron chi connectivity index (χ2n) is 4.68. The molecular formula is C13H21BN2. The zero-order valence-electron chi connectivity index (χ0n) is 10.8. The third-order valence-electron chi connectivity index (χ3n) is 2.88. The SMILES string of the molecule is C=C/N=C1/BC(C(C)C)=C(C(C)C)N1C=C. The van der Waals surface area contributed by atoms with Gasteiger partial charge in [0.15, 0.2) is 0 Å². The van der Waals surface area contributed by atoms with Crippen LogP contribution < -0.4 is 0 Å². The van der Waals surface area contributed by atoms with Gasteiger partial charge in [0.2, 0.25) is 7.28 Å². The zero-order chi connectivity index (χ0) is 12.3. The molecule has 0 aliphatic carbocycles. The van der Waals surface area contributed by atoms with Crippen molar-refractivity contribution in [2.75, 3.05) is 0 Å². The Bertz CT molecular complexity index is 351. The van der Waals surface area contributed by atoms with Crippen LogP contribution in [0, 0.1) is 11.8 Å². The normalized spacial score (nSPS) is 18.6. The van der Waals surface area contributed by atoms with E-state index in [9.17, 15) is 0 Å². The first-order valence-electron chi connectivity index (χ1n) is 5.85. The maximum absolute atomic E-state index is 4.33. The van der Waals surface area contributed by atoms with Gasteiger partial charge in [-0.15, -0.1) is 0 Å². The average molecular weight is 216 g/mol. The number of allylic oxidation sites excluding steroid dienone is 2. The molecule has 0 unspecified atom stereocenters. The first-order valence-corrected chi connectivity index (χ1v) is 5.85. The van der Waals surface area contributed by atoms with Crippen LogP contribution in [0.1, 0.15) is 27.7 Å². The standard InChI is InChI=1S/C13H21BN2/c1-7-15-13-14-11(9(3)4)12(10(5)6)16(13)8-2/h7-10,14H,1-2H2,3-6H3/b15-13-. The van der Waals surface area contributed by atoms with Gasteiger partial charge in [0.25, 0.3) is 0 Å². The Hall–Kier alpha value is -1.25. The van der Waals surface area contributed by atoms with Crippen molar-refractivity contribution in [3.8, 4) is 0 Å². The summed E-state index contributed by atoms with van der Waals surface area (Å²) in [6, 6.07) is 0. The Balaban J connectivity index is 3.19. The van der Waals surface area contributed by atoms with Crippen LogP contribution in [0.2, 0.25) is 0 Å². The van der Waals surface area contributed by atoms with Gasteiger partial charge < -0.3 is 4.90 Å². The fourth-order valence-corrected chi connectivity index (χ4v) is 2.21. The first-order chi connectivity index (χ1) is 7.52. The van der Waals surface area contributed by atoms with Crippen molar-refractivity contribution in [2.24, 2.45) is 16.8 Å². The van der Waals surface area contributed by atoms with Crippen LogP contribution in [0.25, 0.3) is 0 Å². The molecule has 0 fully saturated rings. The third-order valence-corrected chi connectivity index (χ3v) is 2.88. The Kier molecular flexibility index (Phi) is 4.16. The number of hydrogen-bond acceptors (Lipinski definition) is 1. The minimum absolute atomic E-state index is 0.493. The predicted molar refractivity (Wildman–Crippen MR) is 73.5 cm³/mol. The lowest BCUT2D eigenvalue weighted by molar-refractivity contribution is 0.562. The van der Waals surface area contributed by atoms with E-state index in [1.54, 1.807) is 6.20 Å². The fraction of sp³-hybridized carbons (Fsp3) is 0.462. The molecule has 1 heterocycles. The molecule has 0 radical (unpaired) electrons. The van der Waals surface area contributed by atoms with Crippen molar-refractivity contribution >= 4 is 13.0 Å². The minimum Gasteiger partial charge on any atom is -0.318 e. The van der Waals surface area contributed by atoms with E-state index in [1.807, 2.05) is 6.20 Å². The maximum Gasteiger partial charge on any atom is 0.236 e. The summed E-state index contributed by atoms with van der Waals surface area (Å²) in [5.74, 6) is 1.05. The molecule has 16 heavy (non-hydrogen) atoms. The molecule has 1 aliphatic rings. The third kappa shape index (κ3) is 2.29. The Morgan fingerprint density at radius 2 is 1.81 bits per heavy atom. The predicted octanol–water partition coefficient (Wildman–Crippen LogP) is 2.91. The number of rotatable bonds is 4.